The Labute approximate surface area is 228 Å². The molecule has 1 aliphatic carbocycles. The highest BCUT2D eigenvalue weighted by atomic mass is 32.1. The first-order valence-electron chi connectivity index (χ1n) is 13.2. The Balaban J connectivity index is 0.000000289. The van der Waals surface area contributed by atoms with Gasteiger partial charge < -0.3 is 29.7 Å². The highest BCUT2D eigenvalue weighted by molar-refractivity contribution is 7.80. The maximum atomic E-state index is 12.6. The van der Waals surface area contributed by atoms with E-state index in [9.17, 15) is 9.59 Å². The van der Waals surface area contributed by atoms with Gasteiger partial charge >= 0.3 is 5.97 Å². The Morgan fingerprint density at radius 2 is 1.84 bits per heavy atom. The van der Waals surface area contributed by atoms with Crippen molar-refractivity contribution < 1.29 is 43.8 Å². The summed E-state index contributed by atoms with van der Waals surface area (Å²) in [4.78, 5) is 34.9. The van der Waals surface area contributed by atoms with Crippen LogP contribution in [0.25, 0.3) is 0 Å². The zero-order chi connectivity index (χ0) is 27.7. The molecule has 1 aromatic carbocycles. The van der Waals surface area contributed by atoms with Crippen LogP contribution in [0.15, 0.2) is 30.3 Å². The lowest BCUT2D eigenvalue weighted by Gasteiger charge is -2.59. The van der Waals surface area contributed by atoms with Crippen LogP contribution in [0.1, 0.15) is 63.7 Å². The fourth-order valence-corrected chi connectivity index (χ4v) is 6.51. The fraction of sp³-hybridized carbons (Fsp3) is 0.704. The van der Waals surface area contributed by atoms with Crippen molar-refractivity contribution in [2.45, 2.75) is 89.7 Å². The number of hydrogen-bond acceptors (Lipinski definition) is 10. The molecule has 0 aromatic heterocycles. The minimum atomic E-state index is -1.54. The summed E-state index contributed by atoms with van der Waals surface area (Å²) in [7, 11) is 0. The Hall–Kier alpha value is -1.73. The molecule has 1 spiro atoms. The molecule has 4 saturated heterocycles. The second-order valence-electron chi connectivity index (χ2n) is 10.9. The standard InChI is InChI=1S/C22H28O6.C5H11NO3S/c1-13-9-10-17-14(2)19(24-18(23)15-7-5-4-6-8-15)25-20-22(17)16(13)11-12-21(3,26-20)27-28-22;1-3(7)6-4(2-10)5(8)9/h4-8,13-14,16-17,19-20H,9-12H2,1-3H3;4-5,8-10H,2H2,1H3,(H,6,7)/t13-,14-,16?,17?,19?,20?,21?,22-;4-/m10/s1. The number of carbonyl (C=O) groups excluding carboxylic acids is 2. The zero-order valence-electron chi connectivity index (χ0n) is 22.2. The lowest BCUT2D eigenvalue weighted by Crippen LogP contribution is -2.70. The Bertz CT molecular complexity index is 981. The third-order valence-corrected chi connectivity index (χ3v) is 8.67. The van der Waals surface area contributed by atoms with Gasteiger partial charge in [0.1, 0.15) is 0 Å². The predicted octanol–water partition coefficient (Wildman–Crippen LogP) is 2.78. The number of ether oxygens (including phenoxy) is 3. The molecule has 0 radical (unpaired) electrons. The van der Waals surface area contributed by atoms with Gasteiger partial charge in [0.05, 0.1) is 11.6 Å². The molecule has 11 heteroatoms. The molecule has 2 bridgehead atoms. The molecular formula is C27H39NO9S. The van der Waals surface area contributed by atoms with Gasteiger partial charge in [-0.15, -0.1) is 0 Å². The SMILES string of the molecule is CC(=O)N[C@@H](CS)C(O)O.C[C@H]1C(OC(=O)c2ccccc2)OC2OC3(C)CCC4[C@H](C)CCC1[C@@]24OO3. The van der Waals surface area contributed by atoms with Crippen LogP contribution in [0.5, 0.6) is 0 Å². The van der Waals surface area contributed by atoms with E-state index in [-0.39, 0.29) is 29.5 Å². The second-order valence-corrected chi connectivity index (χ2v) is 11.3. The minimum Gasteiger partial charge on any atom is -0.432 e. The number of nitrogens with one attached hydrogen (secondary N) is 1. The van der Waals surface area contributed by atoms with Gasteiger partial charge in [-0.25, -0.2) is 14.6 Å². The summed E-state index contributed by atoms with van der Waals surface area (Å²) in [6.45, 7) is 7.55. The molecule has 1 aromatic rings. The number of aliphatic hydroxyl groups excluding tert-OH is 1. The van der Waals surface area contributed by atoms with Crippen molar-refractivity contribution >= 4 is 24.5 Å². The number of thiol groups is 1. The average molecular weight is 554 g/mol. The number of fused-ring (bicyclic) bond motifs is 2. The summed E-state index contributed by atoms with van der Waals surface area (Å²) in [5, 5.41) is 19.4. The van der Waals surface area contributed by atoms with Gasteiger partial charge in [-0.3, -0.25) is 4.79 Å². The molecule has 10 nitrogen and oxygen atoms in total. The summed E-state index contributed by atoms with van der Waals surface area (Å²) >= 11 is 3.79. The fourth-order valence-electron chi connectivity index (χ4n) is 6.23. The van der Waals surface area contributed by atoms with Gasteiger partial charge in [-0.2, -0.15) is 12.6 Å². The van der Waals surface area contributed by atoms with Crippen molar-refractivity contribution in [3.8, 4) is 0 Å². The first kappa shape index (κ1) is 29.3. The number of rotatable bonds is 5. The topological polar surface area (TPSA) is 133 Å². The van der Waals surface area contributed by atoms with Crippen molar-refractivity contribution in [3.05, 3.63) is 35.9 Å². The van der Waals surface area contributed by atoms with Crippen molar-refractivity contribution in [1.29, 1.82) is 0 Å². The van der Waals surface area contributed by atoms with E-state index in [1.807, 2.05) is 25.1 Å². The first-order valence-corrected chi connectivity index (χ1v) is 13.8. The Kier molecular flexibility index (Phi) is 9.08. The van der Waals surface area contributed by atoms with Crippen molar-refractivity contribution in [3.63, 3.8) is 0 Å². The van der Waals surface area contributed by atoms with E-state index in [1.54, 1.807) is 12.1 Å². The quantitative estimate of drug-likeness (QED) is 0.188. The lowest BCUT2D eigenvalue weighted by atomic mass is 9.58. The molecule has 1 saturated carbocycles. The number of aliphatic hydroxyl groups is 2. The molecule has 9 atom stereocenters. The largest absolute Gasteiger partial charge is 0.432 e. The van der Waals surface area contributed by atoms with Crippen LogP contribution in [-0.4, -0.2) is 64.1 Å². The summed E-state index contributed by atoms with van der Waals surface area (Å²) in [6.07, 6.45) is 1.02. The number of benzene rings is 1. The van der Waals surface area contributed by atoms with Crippen molar-refractivity contribution in [2.24, 2.45) is 23.7 Å². The van der Waals surface area contributed by atoms with E-state index in [1.165, 1.54) is 6.92 Å². The van der Waals surface area contributed by atoms with Gasteiger partial charge in [0.15, 0.2) is 18.2 Å². The highest BCUT2D eigenvalue weighted by Gasteiger charge is 2.69. The molecular weight excluding hydrogens is 514 g/mol. The summed E-state index contributed by atoms with van der Waals surface area (Å²) < 4.78 is 18.4. The first-order chi connectivity index (χ1) is 18.0. The monoisotopic (exact) mass is 553 g/mol. The molecule has 6 rings (SSSR count). The van der Waals surface area contributed by atoms with E-state index in [2.05, 4.69) is 31.8 Å². The van der Waals surface area contributed by atoms with E-state index in [4.69, 9.17) is 34.2 Å². The zero-order valence-corrected chi connectivity index (χ0v) is 23.1. The molecule has 38 heavy (non-hydrogen) atoms. The molecule has 5 fully saturated rings. The minimum absolute atomic E-state index is 0.0198. The lowest BCUT2D eigenvalue weighted by molar-refractivity contribution is -0.576. The molecule has 3 N–H and O–H groups in total. The van der Waals surface area contributed by atoms with Gasteiger partial charge in [0.25, 0.3) is 0 Å². The van der Waals surface area contributed by atoms with Crippen LogP contribution in [0.2, 0.25) is 0 Å². The summed E-state index contributed by atoms with van der Waals surface area (Å²) in [5.41, 5.74) is -0.119. The van der Waals surface area contributed by atoms with Crippen LogP contribution in [0.3, 0.4) is 0 Å². The van der Waals surface area contributed by atoms with Crippen LogP contribution in [-0.2, 0) is 28.8 Å². The summed E-state index contributed by atoms with van der Waals surface area (Å²) in [6, 6.07) is 8.33. The summed E-state index contributed by atoms with van der Waals surface area (Å²) in [5.74, 6) is -0.372. The maximum absolute atomic E-state index is 12.6. The molecule has 4 aliphatic heterocycles. The van der Waals surface area contributed by atoms with E-state index in [0.29, 0.717) is 17.4 Å². The van der Waals surface area contributed by atoms with E-state index >= 15 is 0 Å². The molecule has 1 amide bonds. The number of carbonyl (C=O) groups is 2. The maximum Gasteiger partial charge on any atom is 0.340 e. The van der Waals surface area contributed by atoms with Gasteiger partial charge in [0.2, 0.25) is 18.0 Å². The predicted molar refractivity (Wildman–Crippen MR) is 138 cm³/mol. The van der Waals surface area contributed by atoms with Crippen molar-refractivity contribution in [1.82, 2.24) is 5.32 Å². The second kappa shape index (κ2) is 11.8. The van der Waals surface area contributed by atoms with Gasteiger partial charge in [-0.05, 0) is 50.2 Å². The molecule has 4 heterocycles. The molecule has 5 unspecified atom stereocenters. The number of amides is 1. The molecule has 5 aliphatic rings. The van der Waals surface area contributed by atoms with Crippen LogP contribution in [0.4, 0.5) is 0 Å². The van der Waals surface area contributed by atoms with Crippen LogP contribution < -0.4 is 5.32 Å². The third-order valence-electron chi connectivity index (χ3n) is 8.28. The van der Waals surface area contributed by atoms with Crippen molar-refractivity contribution in [2.75, 3.05) is 5.75 Å². The van der Waals surface area contributed by atoms with Gasteiger partial charge in [0, 0.05) is 30.9 Å². The Morgan fingerprint density at radius 3 is 2.45 bits per heavy atom. The van der Waals surface area contributed by atoms with Crippen LogP contribution >= 0.6 is 12.6 Å². The average Bonchev–Trinajstić information content (AvgIpc) is 3.12. The smallest absolute Gasteiger partial charge is 0.340 e. The van der Waals surface area contributed by atoms with E-state index in [0.717, 1.165) is 25.7 Å². The normalized spacial score (nSPS) is 38.2. The molecule has 212 valence electrons. The highest BCUT2D eigenvalue weighted by Crippen LogP contribution is 2.60. The third kappa shape index (κ3) is 5.74. The Morgan fingerprint density at radius 1 is 1.13 bits per heavy atom. The number of hydrogen-bond donors (Lipinski definition) is 4. The van der Waals surface area contributed by atoms with Crippen LogP contribution in [0, 0.1) is 23.7 Å². The van der Waals surface area contributed by atoms with Gasteiger partial charge in [-0.1, -0.05) is 32.0 Å². The van der Waals surface area contributed by atoms with E-state index < -0.39 is 36.3 Å². The number of esters is 1.